The molecule has 9 aromatic rings. The Kier molecular flexibility index (Phi) is 7.73. The zero-order chi connectivity index (χ0) is 34.4. The number of ether oxygens (including phenoxy) is 1. The van der Waals surface area contributed by atoms with E-state index >= 15 is 0 Å². The normalized spacial score (nSPS) is 12.4. The van der Waals surface area contributed by atoms with E-state index in [0.717, 1.165) is 61.2 Å². The number of para-hydroxylation sites is 3. The molecule has 0 amide bonds. The summed E-state index contributed by atoms with van der Waals surface area (Å²) in [6.07, 6.45) is 1.89. The van der Waals surface area contributed by atoms with E-state index in [1.165, 1.54) is 11.1 Å². The topological polar surface area (TPSA) is 49.3 Å². The predicted molar refractivity (Wildman–Crippen MR) is 203 cm³/mol. The van der Waals surface area contributed by atoms with Gasteiger partial charge in [0.05, 0.1) is 22.1 Å². The largest absolute Gasteiger partial charge is 2.00 e. The molecule has 0 unspecified atom stereocenters. The molecule has 0 N–H and O–H groups in total. The van der Waals surface area contributed by atoms with Gasteiger partial charge in [-0.1, -0.05) is 89.1 Å². The average molecular weight is 847 g/mol. The number of nitrogens with zero attached hydrogens (tertiary/aromatic N) is 5. The standard InChI is InChI=1S/C44H37N5O.Pt/c1-43(2,3)28-18-21-35-40(24-28)49-38-17-10-9-16-37(38)47(42(49)46-35)30-12-11-13-31(26-30)50-32-19-20-34-33-14-7-8-15-36(33)48(39(34)27-32)41-25-29(22-23-45-41)44(4,5)6;/h7-25H,1-6H3;/q-2;+2. The van der Waals surface area contributed by atoms with Crippen molar-refractivity contribution in [2.24, 2.45) is 0 Å². The van der Waals surface area contributed by atoms with Gasteiger partial charge in [0.25, 0.3) is 0 Å². The first kappa shape index (κ1) is 33.0. The van der Waals surface area contributed by atoms with Crippen LogP contribution in [0.3, 0.4) is 0 Å². The van der Waals surface area contributed by atoms with Crippen LogP contribution in [0, 0.1) is 12.1 Å². The summed E-state index contributed by atoms with van der Waals surface area (Å²) in [5.41, 5.74) is 9.54. The number of fused-ring (bicyclic) bond motifs is 8. The maximum Gasteiger partial charge on any atom is 2.00 e. The Bertz CT molecular complexity index is 2770. The molecule has 254 valence electrons. The van der Waals surface area contributed by atoms with Crippen molar-refractivity contribution in [2.45, 2.75) is 52.4 Å². The van der Waals surface area contributed by atoms with E-state index < -0.39 is 0 Å². The first-order valence-electron chi connectivity index (χ1n) is 17.1. The van der Waals surface area contributed by atoms with Crippen molar-refractivity contribution in [1.82, 2.24) is 23.5 Å². The van der Waals surface area contributed by atoms with E-state index in [9.17, 15) is 0 Å². The summed E-state index contributed by atoms with van der Waals surface area (Å²) in [4.78, 5) is 9.95. The fraction of sp³-hybridized carbons (Fsp3) is 0.182. The molecule has 0 aliphatic rings. The van der Waals surface area contributed by atoms with Gasteiger partial charge in [-0.2, -0.15) is 12.1 Å². The first-order valence-corrected chi connectivity index (χ1v) is 17.1. The second-order valence-electron chi connectivity index (χ2n) is 15.1. The third-order valence-corrected chi connectivity index (χ3v) is 9.68. The van der Waals surface area contributed by atoms with Gasteiger partial charge in [0.1, 0.15) is 5.82 Å². The minimum Gasteiger partial charge on any atom is -0.509 e. The third kappa shape index (κ3) is 5.44. The van der Waals surface area contributed by atoms with Crippen LogP contribution < -0.4 is 4.74 Å². The molecule has 6 nitrogen and oxygen atoms in total. The quantitative estimate of drug-likeness (QED) is 0.166. The molecule has 51 heavy (non-hydrogen) atoms. The van der Waals surface area contributed by atoms with Crippen LogP contribution in [0.25, 0.3) is 61.2 Å². The second-order valence-corrected chi connectivity index (χ2v) is 15.1. The van der Waals surface area contributed by atoms with Gasteiger partial charge in [-0.25, -0.2) is 9.97 Å². The van der Waals surface area contributed by atoms with E-state index in [4.69, 9.17) is 14.7 Å². The maximum absolute atomic E-state index is 6.54. The SMILES string of the molecule is CC(C)(C)c1ccnc(-n2c3[c-]c(Oc4[c-]c(-n5c6ccccc6n6c7cc(C(C)(C)C)ccc7nc56)ccc4)ccc3c3ccccc32)c1.[Pt+2]. The Morgan fingerprint density at radius 2 is 1.29 bits per heavy atom. The predicted octanol–water partition coefficient (Wildman–Crippen LogP) is 10.9. The minimum absolute atomic E-state index is 0. The summed E-state index contributed by atoms with van der Waals surface area (Å²) in [5, 5.41) is 2.24. The van der Waals surface area contributed by atoms with Crippen LogP contribution in [0.1, 0.15) is 52.7 Å². The average Bonchev–Trinajstić information content (AvgIpc) is 3.74. The Morgan fingerprint density at radius 3 is 2.08 bits per heavy atom. The summed E-state index contributed by atoms with van der Waals surface area (Å²) >= 11 is 0. The van der Waals surface area contributed by atoms with Gasteiger partial charge in [-0.3, -0.25) is 4.40 Å². The number of benzene rings is 5. The van der Waals surface area contributed by atoms with E-state index in [1.807, 2.05) is 24.4 Å². The molecule has 0 saturated carbocycles. The van der Waals surface area contributed by atoms with Crippen molar-refractivity contribution in [3.05, 3.63) is 139 Å². The summed E-state index contributed by atoms with van der Waals surface area (Å²) in [6, 6.07) is 45.0. The molecule has 5 aromatic carbocycles. The molecule has 0 atom stereocenters. The molecule has 0 aliphatic carbocycles. The van der Waals surface area contributed by atoms with Gasteiger partial charge in [-0.15, -0.1) is 35.7 Å². The van der Waals surface area contributed by atoms with Gasteiger partial charge in [-0.05, 0) is 69.8 Å². The summed E-state index contributed by atoms with van der Waals surface area (Å²) < 4.78 is 13.1. The summed E-state index contributed by atoms with van der Waals surface area (Å²) in [7, 11) is 0. The zero-order valence-electron chi connectivity index (χ0n) is 29.4. The Hall–Kier alpha value is -5.19. The van der Waals surface area contributed by atoms with Crippen LogP contribution in [0.15, 0.2) is 115 Å². The molecular weight excluding hydrogens is 810 g/mol. The Morgan fingerprint density at radius 1 is 0.588 bits per heavy atom. The number of rotatable bonds is 4. The van der Waals surface area contributed by atoms with Crippen LogP contribution in [-0.2, 0) is 31.9 Å². The molecule has 7 heteroatoms. The van der Waals surface area contributed by atoms with Crippen LogP contribution in [-0.4, -0.2) is 23.5 Å². The van der Waals surface area contributed by atoms with Crippen molar-refractivity contribution < 1.29 is 25.8 Å². The Balaban J connectivity index is 0.00000374. The fourth-order valence-electron chi connectivity index (χ4n) is 7.03. The number of hydrogen-bond donors (Lipinski definition) is 0. The molecule has 0 spiro atoms. The third-order valence-electron chi connectivity index (χ3n) is 9.68. The number of hydrogen-bond acceptors (Lipinski definition) is 3. The molecule has 0 fully saturated rings. The van der Waals surface area contributed by atoms with Crippen LogP contribution in [0.4, 0.5) is 0 Å². The molecular formula is C44H37N5OPt. The Labute approximate surface area is 311 Å². The van der Waals surface area contributed by atoms with Crippen LogP contribution in [0.5, 0.6) is 11.5 Å². The summed E-state index contributed by atoms with van der Waals surface area (Å²) in [5.74, 6) is 2.89. The summed E-state index contributed by atoms with van der Waals surface area (Å²) in [6.45, 7) is 13.4. The minimum atomic E-state index is -0.00953. The first-order chi connectivity index (χ1) is 24.0. The number of aromatic nitrogens is 5. The number of imidazole rings is 2. The van der Waals surface area contributed by atoms with Gasteiger partial charge in [0.15, 0.2) is 0 Å². The van der Waals surface area contributed by atoms with Gasteiger partial charge in [0, 0.05) is 23.2 Å². The molecule has 4 heterocycles. The van der Waals surface area contributed by atoms with Crippen molar-refractivity contribution in [2.75, 3.05) is 0 Å². The van der Waals surface area contributed by atoms with E-state index in [0.29, 0.717) is 11.5 Å². The van der Waals surface area contributed by atoms with Crippen LogP contribution >= 0.6 is 0 Å². The zero-order valence-corrected chi connectivity index (χ0v) is 31.7. The van der Waals surface area contributed by atoms with Crippen LogP contribution in [0.2, 0.25) is 0 Å². The van der Waals surface area contributed by atoms with E-state index in [-0.39, 0.29) is 31.9 Å². The van der Waals surface area contributed by atoms with Gasteiger partial charge in [0.2, 0.25) is 5.78 Å². The molecule has 0 saturated heterocycles. The van der Waals surface area contributed by atoms with E-state index in [2.05, 4.69) is 158 Å². The smallest absolute Gasteiger partial charge is 0.509 e. The van der Waals surface area contributed by atoms with Crippen molar-refractivity contribution >= 4 is 49.7 Å². The van der Waals surface area contributed by atoms with Crippen molar-refractivity contribution in [3.63, 3.8) is 0 Å². The number of pyridine rings is 1. The molecule has 9 rings (SSSR count). The second kappa shape index (κ2) is 12.0. The van der Waals surface area contributed by atoms with E-state index in [1.54, 1.807) is 0 Å². The van der Waals surface area contributed by atoms with Gasteiger partial charge < -0.3 is 13.9 Å². The molecule has 0 radical (unpaired) electrons. The molecule has 4 aromatic heterocycles. The molecule has 0 aliphatic heterocycles. The molecule has 0 bridgehead atoms. The van der Waals surface area contributed by atoms with Crippen molar-refractivity contribution in [3.8, 4) is 23.0 Å². The maximum atomic E-state index is 6.54. The van der Waals surface area contributed by atoms with Gasteiger partial charge >= 0.3 is 21.1 Å². The van der Waals surface area contributed by atoms with Crippen molar-refractivity contribution in [1.29, 1.82) is 0 Å². The monoisotopic (exact) mass is 846 g/mol. The fourth-order valence-corrected chi connectivity index (χ4v) is 7.03.